The number of aryl methyl sites for hydroxylation is 1. The molecule has 5 nitrogen and oxygen atoms in total. The second-order valence-corrected chi connectivity index (χ2v) is 4.98. The van der Waals surface area contributed by atoms with Crippen molar-refractivity contribution >= 4 is 17.0 Å². The predicted octanol–water partition coefficient (Wildman–Crippen LogP) is 2.49. The molecule has 1 heterocycles. The molecule has 0 aliphatic rings. The molecule has 1 N–H and O–H groups in total. The summed E-state index contributed by atoms with van der Waals surface area (Å²) in [5, 5.41) is 8.97. The Balaban J connectivity index is 2.36. The Morgan fingerprint density at radius 3 is 2.81 bits per heavy atom. The normalized spacial score (nSPS) is 11.4. The zero-order valence-corrected chi connectivity index (χ0v) is 12.3. The van der Waals surface area contributed by atoms with Crippen LogP contribution in [0.2, 0.25) is 0 Å². The van der Waals surface area contributed by atoms with Gasteiger partial charge >= 0.3 is 5.97 Å². The van der Waals surface area contributed by atoms with E-state index in [1.54, 1.807) is 6.07 Å². The number of para-hydroxylation sites is 1. The summed E-state index contributed by atoms with van der Waals surface area (Å²) >= 11 is 0. The molecule has 2 aromatic rings. The highest BCUT2D eigenvalue weighted by Crippen LogP contribution is 2.20. The fourth-order valence-corrected chi connectivity index (χ4v) is 2.56. The first-order valence-electron chi connectivity index (χ1n) is 7.14. The van der Waals surface area contributed by atoms with Crippen LogP contribution in [0, 0.1) is 5.82 Å². The van der Waals surface area contributed by atoms with Gasteiger partial charge < -0.3 is 9.67 Å². The van der Waals surface area contributed by atoms with Gasteiger partial charge in [0.2, 0.25) is 0 Å². The smallest absolute Gasteiger partial charge is 0.317 e. The van der Waals surface area contributed by atoms with Gasteiger partial charge in [0.1, 0.15) is 11.3 Å². The van der Waals surface area contributed by atoms with E-state index in [9.17, 15) is 9.18 Å². The van der Waals surface area contributed by atoms with E-state index in [0.717, 1.165) is 11.9 Å². The van der Waals surface area contributed by atoms with Crippen LogP contribution >= 0.6 is 0 Å². The van der Waals surface area contributed by atoms with Gasteiger partial charge in [0.15, 0.2) is 5.82 Å². The monoisotopic (exact) mass is 293 g/mol. The molecule has 6 heteroatoms. The van der Waals surface area contributed by atoms with Crippen molar-refractivity contribution in [1.82, 2.24) is 14.5 Å². The summed E-state index contributed by atoms with van der Waals surface area (Å²) in [7, 11) is 0. The molecular formula is C15H20FN3O2. The minimum Gasteiger partial charge on any atom is -0.480 e. The van der Waals surface area contributed by atoms with Crippen LogP contribution in [0.4, 0.5) is 4.39 Å². The van der Waals surface area contributed by atoms with Gasteiger partial charge in [0.25, 0.3) is 0 Å². The number of nitrogens with zero attached hydrogens (tertiary/aromatic N) is 3. The summed E-state index contributed by atoms with van der Waals surface area (Å²) in [5.74, 6) is -0.512. The summed E-state index contributed by atoms with van der Waals surface area (Å²) in [6.45, 7) is 5.67. The lowest BCUT2D eigenvalue weighted by molar-refractivity contribution is -0.138. The number of fused-ring (bicyclic) bond motifs is 1. The molecule has 1 aromatic carbocycles. The molecule has 1 aromatic heterocycles. The molecule has 114 valence electrons. The Morgan fingerprint density at radius 1 is 1.43 bits per heavy atom. The van der Waals surface area contributed by atoms with Crippen molar-refractivity contribution in [2.24, 2.45) is 0 Å². The molecule has 0 atom stereocenters. The molecule has 0 spiro atoms. The molecular weight excluding hydrogens is 273 g/mol. The summed E-state index contributed by atoms with van der Waals surface area (Å²) in [6, 6.07) is 4.89. The molecule has 2 rings (SSSR count). The highest BCUT2D eigenvalue weighted by atomic mass is 19.1. The van der Waals surface area contributed by atoms with E-state index in [2.05, 4.69) is 4.98 Å². The maximum atomic E-state index is 13.8. The Hall–Kier alpha value is -1.95. The second kappa shape index (κ2) is 6.67. The molecule has 0 bridgehead atoms. The Kier molecular flexibility index (Phi) is 4.90. The first-order valence-corrected chi connectivity index (χ1v) is 7.14. The van der Waals surface area contributed by atoms with Crippen molar-refractivity contribution in [2.75, 3.05) is 13.1 Å². The molecule has 0 unspecified atom stereocenters. The number of aromatic nitrogens is 2. The Labute approximate surface area is 123 Å². The molecule has 0 saturated carbocycles. The van der Waals surface area contributed by atoms with E-state index in [4.69, 9.17) is 5.11 Å². The SMILES string of the molecule is CCCN(CC(=O)O)Cc1nc2c(F)cccc2n1CC. The van der Waals surface area contributed by atoms with Gasteiger partial charge in [0.05, 0.1) is 18.6 Å². The first kappa shape index (κ1) is 15.4. The van der Waals surface area contributed by atoms with E-state index >= 15 is 0 Å². The largest absolute Gasteiger partial charge is 0.480 e. The zero-order chi connectivity index (χ0) is 15.4. The Bertz CT molecular complexity index is 639. The van der Waals surface area contributed by atoms with Crippen molar-refractivity contribution in [3.63, 3.8) is 0 Å². The third-order valence-electron chi connectivity index (χ3n) is 3.39. The van der Waals surface area contributed by atoms with E-state index in [-0.39, 0.29) is 12.4 Å². The van der Waals surface area contributed by atoms with Crippen LogP contribution in [0.5, 0.6) is 0 Å². The average Bonchev–Trinajstić information content (AvgIpc) is 2.77. The lowest BCUT2D eigenvalue weighted by atomic mass is 10.3. The van der Waals surface area contributed by atoms with Gasteiger partial charge in [-0.15, -0.1) is 0 Å². The maximum Gasteiger partial charge on any atom is 0.317 e. The number of hydrogen-bond acceptors (Lipinski definition) is 3. The minimum atomic E-state index is -0.867. The van der Waals surface area contributed by atoms with Crippen LogP contribution in [0.25, 0.3) is 11.0 Å². The number of hydrogen-bond donors (Lipinski definition) is 1. The molecule has 21 heavy (non-hydrogen) atoms. The van der Waals surface area contributed by atoms with E-state index in [0.29, 0.717) is 31.0 Å². The highest BCUT2D eigenvalue weighted by Gasteiger charge is 2.16. The average molecular weight is 293 g/mol. The van der Waals surface area contributed by atoms with Crippen LogP contribution in [0.1, 0.15) is 26.1 Å². The van der Waals surface area contributed by atoms with Crippen molar-refractivity contribution in [1.29, 1.82) is 0 Å². The van der Waals surface area contributed by atoms with Gasteiger partial charge in [-0.05, 0) is 32.0 Å². The van der Waals surface area contributed by atoms with E-state index in [1.165, 1.54) is 6.07 Å². The third kappa shape index (κ3) is 3.39. The number of benzene rings is 1. The maximum absolute atomic E-state index is 13.8. The molecule has 0 saturated heterocycles. The quantitative estimate of drug-likeness (QED) is 0.852. The first-order chi connectivity index (χ1) is 10.1. The standard InChI is InChI=1S/C15H20FN3O2/c1-3-8-18(10-14(20)21)9-13-17-15-11(16)6-5-7-12(15)19(13)4-2/h5-7H,3-4,8-10H2,1-2H3,(H,20,21). The summed E-state index contributed by atoms with van der Waals surface area (Å²) in [5.41, 5.74) is 1.10. The van der Waals surface area contributed by atoms with Crippen molar-refractivity contribution in [2.45, 2.75) is 33.4 Å². The molecule has 0 amide bonds. The lowest BCUT2D eigenvalue weighted by Crippen LogP contribution is -2.31. The summed E-state index contributed by atoms with van der Waals surface area (Å²) in [6.07, 6.45) is 0.855. The van der Waals surface area contributed by atoms with Gasteiger partial charge in [-0.1, -0.05) is 13.0 Å². The molecule has 0 fully saturated rings. The number of rotatable bonds is 7. The molecule has 0 aliphatic heterocycles. The molecule has 0 aliphatic carbocycles. The number of carboxylic acids is 1. The lowest BCUT2D eigenvalue weighted by Gasteiger charge is -2.19. The van der Waals surface area contributed by atoms with Crippen LogP contribution < -0.4 is 0 Å². The van der Waals surface area contributed by atoms with Gasteiger partial charge in [-0.25, -0.2) is 9.37 Å². The number of aliphatic carboxylic acids is 1. The van der Waals surface area contributed by atoms with Gasteiger partial charge in [-0.2, -0.15) is 0 Å². The van der Waals surface area contributed by atoms with Crippen LogP contribution in [-0.2, 0) is 17.9 Å². The third-order valence-corrected chi connectivity index (χ3v) is 3.39. The fraction of sp³-hybridized carbons (Fsp3) is 0.467. The van der Waals surface area contributed by atoms with Gasteiger partial charge in [0, 0.05) is 6.54 Å². The van der Waals surface area contributed by atoms with E-state index < -0.39 is 5.97 Å². The minimum absolute atomic E-state index is 0.0385. The van der Waals surface area contributed by atoms with Crippen molar-refractivity contribution < 1.29 is 14.3 Å². The number of halogens is 1. The van der Waals surface area contributed by atoms with Crippen LogP contribution in [-0.4, -0.2) is 38.6 Å². The van der Waals surface area contributed by atoms with Crippen LogP contribution in [0.15, 0.2) is 18.2 Å². The summed E-state index contributed by atoms with van der Waals surface area (Å²) in [4.78, 5) is 17.1. The second-order valence-electron chi connectivity index (χ2n) is 4.98. The molecule has 0 radical (unpaired) electrons. The fourth-order valence-electron chi connectivity index (χ4n) is 2.56. The highest BCUT2D eigenvalue weighted by molar-refractivity contribution is 5.76. The van der Waals surface area contributed by atoms with Crippen molar-refractivity contribution in [3.05, 3.63) is 29.8 Å². The van der Waals surface area contributed by atoms with Crippen LogP contribution in [0.3, 0.4) is 0 Å². The number of imidazole rings is 1. The zero-order valence-electron chi connectivity index (χ0n) is 12.3. The topological polar surface area (TPSA) is 58.4 Å². The summed E-state index contributed by atoms with van der Waals surface area (Å²) < 4.78 is 15.8. The Morgan fingerprint density at radius 2 is 2.19 bits per heavy atom. The van der Waals surface area contributed by atoms with Gasteiger partial charge in [-0.3, -0.25) is 9.69 Å². The number of carbonyl (C=O) groups is 1. The van der Waals surface area contributed by atoms with E-state index in [1.807, 2.05) is 29.4 Å². The predicted molar refractivity (Wildman–Crippen MR) is 78.6 cm³/mol. The van der Waals surface area contributed by atoms with Crippen molar-refractivity contribution in [3.8, 4) is 0 Å². The number of carboxylic acid groups (broad SMARTS) is 1.